The van der Waals surface area contributed by atoms with Crippen molar-refractivity contribution in [1.82, 2.24) is 0 Å². The van der Waals surface area contributed by atoms with Gasteiger partial charge in [-0.15, -0.1) is 18.3 Å². The number of thioether (sulfide) groups is 1. The summed E-state index contributed by atoms with van der Waals surface area (Å²) in [5, 5.41) is 7.29. The molecule has 0 aliphatic rings. The Kier molecular flexibility index (Phi) is 6.95. The number of halogens is 6. The highest BCUT2D eigenvalue weighted by Crippen LogP contribution is 2.38. The fourth-order valence-electron chi connectivity index (χ4n) is 1.98. The minimum Gasteiger partial charge on any atom is -0.405 e. The maximum Gasteiger partial charge on any atom is 0.573 e. The van der Waals surface area contributed by atoms with Gasteiger partial charge in [0.2, 0.25) is 0 Å². The minimum absolute atomic E-state index is 0.0770. The zero-order valence-electron chi connectivity index (χ0n) is 14.0. The number of hydrogen-bond donors (Lipinski definition) is 1. The molecule has 150 valence electrons. The van der Waals surface area contributed by atoms with Crippen molar-refractivity contribution in [2.24, 2.45) is 15.9 Å². The van der Waals surface area contributed by atoms with Crippen LogP contribution in [0, 0.1) is 0 Å². The van der Waals surface area contributed by atoms with E-state index in [1.807, 2.05) is 30.3 Å². The van der Waals surface area contributed by atoms with Crippen LogP contribution in [0.15, 0.2) is 58.7 Å². The molecule has 4 nitrogen and oxygen atoms in total. The van der Waals surface area contributed by atoms with Crippen molar-refractivity contribution in [1.29, 1.82) is 0 Å². The minimum atomic E-state index is -5.25. The summed E-state index contributed by atoms with van der Waals surface area (Å²) in [5.41, 5.74) is 4.94. The average Bonchev–Trinajstić information content (AvgIpc) is 2.60. The number of alkyl halides is 6. The van der Waals surface area contributed by atoms with E-state index in [0.29, 0.717) is 17.9 Å². The first-order valence-electron chi connectivity index (χ1n) is 7.55. The van der Waals surface area contributed by atoms with Gasteiger partial charge in [0, 0.05) is 5.75 Å². The zero-order chi connectivity index (χ0) is 20.8. The molecule has 0 unspecified atom stereocenters. The SMILES string of the molecule is NC(=NN=Cc1ccc(OC(F)(F)F)c(C(F)(F)F)c1)SCc1ccccc1. The lowest BCUT2D eigenvalue weighted by Gasteiger charge is -2.15. The van der Waals surface area contributed by atoms with Crippen molar-refractivity contribution >= 4 is 23.1 Å². The lowest BCUT2D eigenvalue weighted by atomic mass is 10.1. The predicted octanol–water partition coefficient (Wildman–Crippen LogP) is 5.19. The highest BCUT2D eigenvalue weighted by Gasteiger charge is 2.39. The largest absolute Gasteiger partial charge is 0.573 e. The Hall–Kier alpha value is -2.69. The molecule has 11 heteroatoms. The summed E-state index contributed by atoms with van der Waals surface area (Å²) in [6.45, 7) is 0. The predicted molar refractivity (Wildman–Crippen MR) is 95.1 cm³/mol. The summed E-state index contributed by atoms with van der Waals surface area (Å²) in [6.07, 6.45) is -9.34. The van der Waals surface area contributed by atoms with E-state index < -0.39 is 23.9 Å². The second-order valence-corrected chi connectivity index (χ2v) is 6.25. The summed E-state index contributed by atoms with van der Waals surface area (Å²) < 4.78 is 79.1. The van der Waals surface area contributed by atoms with Crippen LogP contribution in [0.25, 0.3) is 0 Å². The smallest absolute Gasteiger partial charge is 0.405 e. The van der Waals surface area contributed by atoms with E-state index in [0.717, 1.165) is 17.8 Å². The molecule has 2 aromatic rings. The molecule has 0 fully saturated rings. The number of nitrogens with two attached hydrogens (primary N) is 1. The van der Waals surface area contributed by atoms with Gasteiger partial charge in [-0.1, -0.05) is 42.1 Å². The van der Waals surface area contributed by atoms with Gasteiger partial charge in [0.25, 0.3) is 0 Å². The molecule has 0 amide bonds. The normalized spacial score (nSPS) is 13.1. The zero-order valence-corrected chi connectivity index (χ0v) is 14.8. The van der Waals surface area contributed by atoms with Crippen molar-refractivity contribution in [2.75, 3.05) is 0 Å². The standard InChI is InChI=1S/C17H13F6N3OS/c18-16(19,20)13-8-12(6-7-14(13)27-17(21,22)23)9-25-26-15(24)28-10-11-4-2-1-3-5-11/h1-9H,10H2,(H2,24,26). The average molecular weight is 421 g/mol. The van der Waals surface area contributed by atoms with Crippen LogP contribution in [0.2, 0.25) is 0 Å². The molecule has 2 rings (SSSR count). The summed E-state index contributed by atoms with van der Waals surface area (Å²) in [4.78, 5) is 0. The molecule has 0 saturated heterocycles. The quantitative estimate of drug-likeness (QED) is 0.313. The second kappa shape index (κ2) is 9.00. The molecule has 0 aliphatic carbocycles. The molecule has 0 bridgehead atoms. The second-order valence-electron chi connectivity index (χ2n) is 5.26. The highest BCUT2D eigenvalue weighted by atomic mass is 32.2. The Balaban J connectivity index is 2.10. The summed E-state index contributed by atoms with van der Waals surface area (Å²) in [5.74, 6) is -0.827. The van der Waals surface area contributed by atoms with Crippen molar-refractivity contribution in [3.8, 4) is 5.75 Å². The Morgan fingerprint density at radius 3 is 2.32 bits per heavy atom. The van der Waals surface area contributed by atoms with Gasteiger partial charge in [0.15, 0.2) is 5.17 Å². The monoisotopic (exact) mass is 421 g/mol. The maximum atomic E-state index is 13.0. The first-order chi connectivity index (χ1) is 13.0. The van der Waals surface area contributed by atoms with Gasteiger partial charge in [-0.05, 0) is 29.3 Å². The molecule has 28 heavy (non-hydrogen) atoms. The van der Waals surface area contributed by atoms with Gasteiger partial charge < -0.3 is 10.5 Å². The van der Waals surface area contributed by atoms with Crippen molar-refractivity contribution in [3.05, 3.63) is 65.2 Å². The van der Waals surface area contributed by atoms with E-state index in [9.17, 15) is 26.3 Å². The van der Waals surface area contributed by atoms with E-state index in [-0.39, 0.29) is 10.7 Å². The summed E-state index contributed by atoms with van der Waals surface area (Å²) >= 11 is 1.17. The lowest BCUT2D eigenvalue weighted by molar-refractivity contribution is -0.276. The van der Waals surface area contributed by atoms with Gasteiger partial charge in [0.1, 0.15) is 5.75 Å². The molecular formula is C17H13F6N3OS. The topological polar surface area (TPSA) is 60.0 Å². The number of nitrogens with zero attached hydrogens (tertiary/aromatic N) is 2. The highest BCUT2D eigenvalue weighted by molar-refractivity contribution is 8.13. The van der Waals surface area contributed by atoms with Crippen LogP contribution in [0.1, 0.15) is 16.7 Å². The number of amidine groups is 1. The fraction of sp³-hybridized carbons (Fsp3) is 0.176. The van der Waals surface area contributed by atoms with Crippen LogP contribution in [-0.2, 0) is 11.9 Å². The summed E-state index contributed by atoms with van der Waals surface area (Å²) in [7, 11) is 0. The molecule has 0 aromatic heterocycles. The molecule has 0 saturated carbocycles. The molecule has 0 spiro atoms. The third kappa shape index (κ3) is 7.14. The molecule has 0 aliphatic heterocycles. The lowest BCUT2D eigenvalue weighted by Crippen LogP contribution is -2.20. The Morgan fingerprint density at radius 1 is 1.04 bits per heavy atom. The third-order valence-corrected chi connectivity index (χ3v) is 3.98. The van der Waals surface area contributed by atoms with Gasteiger partial charge in [-0.25, -0.2) is 0 Å². The van der Waals surface area contributed by atoms with Crippen molar-refractivity contribution < 1.29 is 31.1 Å². The Labute approximate surface area is 160 Å². The van der Waals surface area contributed by atoms with E-state index >= 15 is 0 Å². The number of hydrogen-bond acceptors (Lipinski definition) is 4. The van der Waals surface area contributed by atoms with E-state index in [1.54, 1.807) is 0 Å². The van der Waals surface area contributed by atoms with Gasteiger partial charge in [-0.3, -0.25) is 0 Å². The van der Waals surface area contributed by atoms with Crippen LogP contribution in [-0.4, -0.2) is 17.7 Å². The maximum absolute atomic E-state index is 13.0. The Morgan fingerprint density at radius 2 is 1.71 bits per heavy atom. The molecule has 0 heterocycles. The van der Waals surface area contributed by atoms with Crippen molar-refractivity contribution in [3.63, 3.8) is 0 Å². The molecule has 0 atom stereocenters. The molecular weight excluding hydrogens is 408 g/mol. The molecule has 2 N–H and O–H groups in total. The van der Waals surface area contributed by atoms with Crippen LogP contribution in [0.5, 0.6) is 5.75 Å². The number of ether oxygens (including phenoxy) is 1. The number of rotatable bonds is 5. The van der Waals surface area contributed by atoms with Crippen LogP contribution in [0.3, 0.4) is 0 Å². The molecule has 0 radical (unpaired) electrons. The van der Waals surface area contributed by atoms with E-state index in [1.165, 1.54) is 11.8 Å². The summed E-state index contributed by atoms with van der Waals surface area (Å²) in [6, 6.07) is 11.4. The van der Waals surface area contributed by atoms with Crippen LogP contribution in [0.4, 0.5) is 26.3 Å². The van der Waals surface area contributed by atoms with Gasteiger partial charge >= 0.3 is 12.5 Å². The van der Waals surface area contributed by atoms with Crippen LogP contribution >= 0.6 is 11.8 Å². The number of benzene rings is 2. The van der Waals surface area contributed by atoms with Gasteiger partial charge in [-0.2, -0.15) is 18.3 Å². The van der Waals surface area contributed by atoms with Gasteiger partial charge in [0.05, 0.1) is 11.8 Å². The molecule has 2 aromatic carbocycles. The Bertz CT molecular complexity index is 850. The van der Waals surface area contributed by atoms with Crippen molar-refractivity contribution in [2.45, 2.75) is 18.3 Å². The van der Waals surface area contributed by atoms with E-state index in [2.05, 4.69) is 14.9 Å². The fourth-order valence-corrected chi connectivity index (χ4v) is 2.59. The first kappa shape index (κ1) is 21.6. The van der Waals surface area contributed by atoms with Crippen LogP contribution < -0.4 is 10.5 Å². The third-order valence-electron chi connectivity index (χ3n) is 3.13. The van der Waals surface area contributed by atoms with E-state index in [4.69, 9.17) is 5.73 Å². The first-order valence-corrected chi connectivity index (χ1v) is 8.53.